The van der Waals surface area contributed by atoms with Gasteiger partial charge in [-0.3, -0.25) is 19.0 Å². The molecule has 1 N–H and O–H groups in total. The number of hydrogen-bond acceptors (Lipinski definition) is 5. The van der Waals surface area contributed by atoms with E-state index in [9.17, 15) is 31.9 Å². The highest BCUT2D eigenvalue weighted by molar-refractivity contribution is 6.05. The summed E-state index contributed by atoms with van der Waals surface area (Å²) in [5, 5.41) is 2.35. The molecule has 1 aliphatic rings. The molecule has 0 spiro atoms. The first-order valence-electron chi connectivity index (χ1n) is 11.2. The third kappa shape index (κ3) is 5.54. The lowest BCUT2D eigenvalue weighted by Gasteiger charge is -2.20. The summed E-state index contributed by atoms with van der Waals surface area (Å²) in [4.78, 5) is 39.7. The van der Waals surface area contributed by atoms with Crippen molar-refractivity contribution in [2.24, 2.45) is 0 Å². The highest BCUT2D eigenvalue weighted by Gasteiger charge is 2.46. The number of ether oxygens (including phenoxy) is 2. The Bertz CT molecular complexity index is 1420. The van der Waals surface area contributed by atoms with Crippen molar-refractivity contribution in [3.8, 4) is 11.5 Å². The van der Waals surface area contributed by atoms with Crippen molar-refractivity contribution in [2.75, 3.05) is 18.6 Å². The van der Waals surface area contributed by atoms with E-state index in [-0.39, 0.29) is 21.6 Å². The maximum Gasteiger partial charge on any atom is 0.387 e. The van der Waals surface area contributed by atoms with Gasteiger partial charge in [0.05, 0.1) is 7.11 Å². The number of carbonyl (C=O) groups is 2. The van der Waals surface area contributed by atoms with Gasteiger partial charge in [0.1, 0.15) is 34.9 Å². The van der Waals surface area contributed by atoms with Gasteiger partial charge in [0.25, 0.3) is 11.5 Å². The van der Waals surface area contributed by atoms with E-state index in [1.807, 2.05) is 0 Å². The van der Waals surface area contributed by atoms with Gasteiger partial charge in [-0.2, -0.15) is 17.6 Å². The van der Waals surface area contributed by atoms with E-state index < -0.39 is 71.9 Å². The molecule has 206 valence electrons. The third-order valence-electron chi connectivity index (χ3n) is 6.06. The lowest BCUT2D eigenvalue weighted by molar-refractivity contribution is -0.118. The molecule has 1 fully saturated rings. The number of aromatic nitrogens is 1. The standard InChI is InChI=1S/C25H19F6N3O5/c1-38-14-9-16(26)19(17(27)10-14)15-11-34(18-3-2-8-33(22(18)36)24(28)29)23(37)20(15)32-21(35)12-4-6-13(7-5-12)39-25(30)31/h2-10,15,20,24-25H,11H2,1H3,(H,32,35)/t15-,20-/m0/s1. The molecule has 2 aromatic carbocycles. The average molecular weight is 555 g/mol. The van der Waals surface area contributed by atoms with E-state index in [1.165, 1.54) is 7.11 Å². The third-order valence-corrected chi connectivity index (χ3v) is 6.06. The first-order chi connectivity index (χ1) is 18.5. The van der Waals surface area contributed by atoms with Crippen molar-refractivity contribution in [3.63, 3.8) is 0 Å². The summed E-state index contributed by atoms with van der Waals surface area (Å²) >= 11 is 0. The second-order valence-corrected chi connectivity index (χ2v) is 8.30. The summed E-state index contributed by atoms with van der Waals surface area (Å²) in [6, 6.07) is 6.63. The van der Waals surface area contributed by atoms with Crippen molar-refractivity contribution in [3.05, 3.63) is 87.8 Å². The number of pyridine rings is 1. The molecule has 39 heavy (non-hydrogen) atoms. The van der Waals surface area contributed by atoms with Gasteiger partial charge in [-0.25, -0.2) is 8.78 Å². The minimum Gasteiger partial charge on any atom is -0.497 e. The lowest BCUT2D eigenvalue weighted by Crippen LogP contribution is -2.44. The number of amides is 2. The first kappa shape index (κ1) is 27.5. The fraction of sp³-hybridized carbons (Fsp3) is 0.240. The fourth-order valence-corrected chi connectivity index (χ4v) is 4.27. The number of nitrogens with zero attached hydrogens (tertiary/aromatic N) is 2. The molecule has 4 rings (SSSR count). The van der Waals surface area contributed by atoms with Gasteiger partial charge in [-0.1, -0.05) is 0 Å². The molecule has 0 bridgehead atoms. The summed E-state index contributed by atoms with van der Waals surface area (Å²) < 4.78 is 90.6. The molecule has 3 aromatic rings. The van der Waals surface area contributed by atoms with Gasteiger partial charge in [0.15, 0.2) is 0 Å². The number of halogens is 6. The van der Waals surface area contributed by atoms with E-state index >= 15 is 8.78 Å². The molecular formula is C25H19F6N3O5. The van der Waals surface area contributed by atoms with Crippen molar-refractivity contribution >= 4 is 17.5 Å². The zero-order chi connectivity index (χ0) is 28.4. The molecule has 0 aliphatic carbocycles. The smallest absolute Gasteiger partial charge is 0.387 e. The minimum absolute atomic E-state index is 0.0705. The Morgan fingerprint density at radius 1 is 1.00 bits per heavy atom. The van der Waals surface area contributed by atoms with Gasteiger partial charge in [0.2, 0.25) is 5.91 Å². The summed E-state index contributed by atoms with van der Waals surface area (Å²) in [7, 11) is 1.18. The van der Waals surface area contributed by atoms with Crippen LogP contribution in [0.15, 0.2) is 59.5 Å². The van der Waals surface area contributed by atoms with Crippen LogP contribution in [0.1, 0.15) is 28.4 Å². The number of anilines is 1. The SMILES string of the molecule is COc1cc(F)c([C@@H]2CN(c3cccn(C(F)F)c3=O)C(=O)[C@H]2NC(=O)c2ccc(OC(F)F)cc2)c(F)c1. The van der Waals surface area contributed by atoms with Crippen molar-refractivity contribution in [1.82, 2.24) is 9.88 Å². The molecule has 8 nitrogen and oxygen atoms in total. The Balaban J connectivity index is 1.73. The van der Waals surface area contributed by atoms with Crippen LogP contribution in [-0.4, -0.2) is 42.7 Å². The molecule has 1 aliphatic heterocycles. The van der Waals surface area contributed by atoms with E-state index in [4.69, 9.17) is 4.74 Å². The summed E-state index contributed by atoms with van der Waals surface area (Å²) in [6.07, 6.45) is 0.804. The minimum atomic E-state index is -3.23. The molecule has 1 aromatic heterocycles. The summed E-state index contributed by atoms with van der Waals surface area (Å²) in [5.41, 5.74) is -2.45. The molecule has 0 radical (unpaired) electrons. The van der Waals surface area contributed by atoms with E-state index in [2.05, 4.69) is 10.1 Å². The number of alkyl halides is 4. The predicted octanol–water partition coefficient (Wildman–Crippen LogP) is 4.06. The molecule has 14 heteroatoms. The number of rotatable bonds is 8. The van der Waals surface area contributed by atoms with Crippen molar-refractivity contribution in [1.29, 1.82) is 0 Å². The Kier molecular flexibility index (Phi) is 7.83. The average Bonchev–Trinajstić information content (AvgIpc) is 3.18. The molecule has 0 saturated carbocycles. The maximum absolute atomic E-state index is 15.0. The summed E-state index contributed by atoms with van der Waals surface area (Å²) in [5.74, 6) is -5.96. The Labute approximate surface area is 216 Å². The maximum atomic E-state index is 15.0. The van der Waals surface area contributed by atoms with E-state index in [0.717, 1.165) is 59.6 Å². The second kappa shape index (κ2) is 11.1. The van der Waals surface area contributed by atoms with Gasteiger partial charge < -0.3 is 19.7 Å². The predicted molar refractivity (Wildman–Crippen MR) is 124 cm³/mol. The normalized spacial score (nSPS) is 17.2. The van der Waals surface area contributed by atoms with E-state index in [1.54, 1.807) is 0 Å². The molecule has 1 saturated heterocycles. The number of carbonyl (C=O) groups excluding carboxylic acids is 2. The highest BCUT2D eigenvalue weighted by atomic mass is 19.3. The second-order valence-electron chi connectivity index (χ2n) is 8.30. The fourth-order valence-electron chi connectivity index (χ4n) is 4.27. The molecular weight excluding hydrogens is 536 g/mol. The quantitative estimate of drug-likeness (QED) is 0.424. The van der Waals surface area contributed by atoms with Crippen LogP contribution in [0, 0.1) is 11.6 Å². The monoisotopic (exact) mass is 555 g/mol. The first-order valence-corrected chi connectivity index (χ1v) is 11.2. The molecule has 2 heterocycles. The number of nitrogens with one attached hydrogen (secondary N) is 1. The zero-order valence-electron chi connectivity index (χ0n) is 19.9. The number of methoxy groups -OCH3 is 1. The lowest BCUT2D eigenvalue weighted by atomic mass is 9.92. The van der Waals surface area contributed by atoms with Crippen LogP contribution in [0.5, 0.6) is 11.5 Å². The van der Waals surface area contributed by atoms with Crippen LogP contribution >= 0.6 is 0 Å². The van der Waals surface area contributed by atoms with Crippen LogP contribution in [-0.2, 0) is 4.79 Å². The Morgan fingerprint density at radius 3 is 2.21 bits per heavy atom. The van der Waals surface area contributed by atoms with Gasteiger partial charge in [-0.05, 0) is 36.4 Å². The van der Waals surface area contributed by atoms with Crippen LogP contribution in [0.25, 0.3) is 0 Å². The van der Waals surface area contributed by atoms with Gasteiger partial charge in [0, 0.05) is 41.9 Å². The summed E-state index contributed by atoms with van der Waals surface area (Å²) in [6.45, 7) is -6.88. The number of hydrogen-bond donors (Lipinski definition) is 1. The topological polar surface area (TPSA) is 89.9 Å². The van der Waals surface area contributed by atoms with Crippen LogP contribution in [0.3, 0.4) is 0 Å². The van der Waals surface area contributed by atoms with Gasteiger partial charge >= 0.3 is 13.2 Å². The highest BCUT2D eigenvalue weighted by Crippen LogP contribution is 2.36. The zero-order valence-corrected chi connectivity index (χ0v) is 19.9. The Hall–Kier alpha value is -4.49. The van der Waals surface area contributed by atoms with E-state index in [0.29, 0.717) is 0 Å². The Morgan fingerprint density at radius 2 is 1.64 bits per heavy atom. The number of benzene rings is 2. The largest absolute Gasteiger partial charge is 0.497 e. The van der Waals surface area contributed by atoms with Gasteiger partial charge in [-0.15, -0.1) is 0 Å². The van der Waals surface area contributed by atoms with Crippen molar-refractivity contribution < 1.29 is 45.4 Å². The van der Waals surface area contributed by atoms with Crippen molar-refractivity contribution in [2.45, 2.75) is 25.1 Å². The van der Waals surface area contributed by atoms with Crippen LogP contribution in [0.2, 0.25) is 0 Å². The molecule has 2 atom stereocenters. The molecule has 0 unspecified atom stereocenters. The molecule has 2 amide bonds. The van der Waals surface area contributed by atoms with Crippen LogP contribution in [0.4, 0.5) is 32.0 Å². The van der Waals surface area contributed by atoms with Crippen LogP contribution < -0.4 is 25.2 Å².